The van der Waals surface area contributed by atoms with Crippen molar-refractivity contribution in [1.82, 2.24) is 0 Å². The fourth-order valence-electron chi connectivity index (χ4n) is 0.0600. The zero-order valence-corrected chi connectivity index (χ0v) is 4.78. The maximum absolute atomic E-state index is 9.54. The van der Waals surface area contributed by atoms with Crippen molar-refractivity contribution >= 4 is 22.3 Å². The number of thiol groups is 1. The van der Waals surface area contributed by atoms with Gasteiger partial charge in [0.25, 0.3) is 11.0 Å². The molecular weight excluding hydrogens is 142 g/mol. The molecular formula is H3NO4S2. The fourth-order valence-corrected chi connectivity index (χ4v) is 0.540. The van der Waals surface area contributed by atoms with Gasteiger partial charge in [-0.15, -0.1) is 0 Å². The third-order valence-corrected chi connectivity index (χ3v) is 1.21. The van der Waals surface area contributed by atoms with E-state index in [0.717, 1.165) is 0 Å². The van der Waals surface area contributed by atoms with Gasteiger partial charge in [-0.3, -0.25) is 0 Å². The summed E-state index contributed by atoms with van der Waals surface area (Å²) >= 11 is -2.19. The van der Waals surface area contributed by atoms with Crippen LogP contribution in [0.1, 0.15) is 0 Å². The summed E-state index contributed by atoms with van der Waals surface area (Å²) < 4.78 is 31.7. The monoisotopic (exact) mass is 145 g/mol. The Morgan fingerprint density at radius 2 is 2.00 bits per heavy atom. The Labute approximate surface area is 44.4 Å². The average Bonchev–Trinajstić information content (AvgIpc) is 1.27. The maximum atomic E-state index is 9.54. The van der Waals surface area contributed by atoms with Gasteiger partial charge in [0.05, 0.1) is 0 Å². The number of hydrogen-bond donors (Lipinski definition) is 2. The Morgan fingerprint density at radius 1 is 1.57 bits per heavy atom. The molecule has 7 heavy (non-hydrogen) atoms. The first-order valence-corrected chi connectivity index (χ1v) is 3.35. The van der Waals surface area contributed by atoms with Crippen molar-refractivity contribution < 1.29 is 16.3 Å². The fraction of sp³-hybridized carbons (Fsp3) is 0. The average molecular weight is 145 g/mol. The lowest BCUT2D eigenvalue weighted by Gasteiger charge is -1.79. The van der Waals surface area contributed by atoms with Crippen molar-refractivity contribution in [3.8, 4) is 0 Å². The van der Waals surface area contributed by atoms with E-state index in [-0.39, 0.29) is 0 Å². The highest BCUT2D eigenvalue weighted by Gasteiger charge is 1.87. The smallest absolute Gasteiger partial charge is 0.227 e. The molecule has 0 aromatic rings. The largest absolute Gasteiger partial charge is 0.270 e. The van der Waals surface area contributed by atoms with Gasteiger partial charge >= 0.3 is 0 Å². The summed E-state index contributed by atoms with van der Waals surface area (Å²) in [6.45, 7) is 0. The van der Waals surface area contributed by atoms with Crippen LogP contribution in [0.2, 0.25) is 0 Å². The van der Waals surface area contributed by atoms with Crippen LogP contribution in [-0.2, 0) is 25.9 Å². The van der Waals surface area contributed by atoms with Crippen molar-refractivity contribution in [2.75, 3.05) is 0 Å². The Bertz CT molecular complexity index is 127. The minimum Gasteiger partial charge on any atom is -0.227 e. The summed E-state index contributed by atoms with van der Waals surface area (Å²) in [5, 5.41) is 4.36. The lowest BCUT2D eigenvalue weighted by Crippen LogP contribution is -2.04. The van der Waals surface area contributed by atoms with E-state index in [2.05, 4.69) is 8.77 Å². The van der Waals surface area contributed by atoms with E-state index >= 15 is 0 Å². The third kappa shape index (κ3) is 6.02. The summed E-state index contributed by atoms with van der Waals surface area (Å²) in [4.78, 5) is 0. The molecule has 0 bridgehead atoms. The molecule has 2 N–H and O–H groups in total. The molecule has 0 aliphatic rings. The predicted octanol–water partition coefficient (Wildman–Crippen LogP) is -1.93. The molecule has 5 nitrogen and oxygen atoms in total. The van der Waals surface area contributed by atoms with Crippen molar-refractivity contribution in [3.63, 3.8) is 0 Å². The Hall–Kier alpha value is 0.0200. The Kier molecular flexibility index (Phi) is 3.09. The number of hydrogen-bond acceptors (Lipinski definition) is 4. The summed E-state index contributed by atoms with van der Waals surface area (Å²) in [7, 11) is -3.07. The third-order valence-electron chi connectivity index (χ3n) is 0.134. The van der Waals surface area contributed by atoms with E-state index in [0.29, 0.717) is 0 Å². The maximum Gasteiger partial charge on any atom is 0.270 e. The van der Waals surface area contributed by atoms with E-state index in [1.54, 1.807) is 0 Å². The molecule has 0 rings (SSSR count). The summed E-state index contributed by atoms with van der Waals surface area (Å²) in [5.41, 5.74) is 0. The lowest BCUT2D eigenvalue weighted by molar-refractivity contribution is 0.521. The van der Waals surface area contributed by atoms with Crippen LogP contribution in [0.25, 0.3) is 0 Å². The van der Waals surface area contributed by atoms with Gasteiger partial charge in [-0.1, -0.05) is 0 Å². The minimum absolute atomic E-state index is 2.19. The lowest BCUT2D eigenvalue weighted by atomic mass is 13.9. The van der Waals surface area contributed by atoms with E-state index in [4.69, 9.17) is 0 Å². The topological polar surface area (TPSA) is 86.5 Å². The van der Waals surface area contributed by atoms with E-state index in [1.165, 1.54) is 0 Å². The van der Waals surface area contributed by atoms with Crippen LogP contribution in [0.5, 0.6) is 0 Å². The molecule has 7 heteroatoms. The zero-order chi connectivity index (χ0) is 5.86. The predicted molar refractivity (Wildman–Crippen MR) is 23.7 cm³/mol. The van der Waals surface area contributed by atoms with Crippen LogP contribution >= 0.6 is 0 Å². The molecule has 0 spiro atoms. The van der Waals surface area contributed by atoms with Gasteiger partial charge in [0.2, 0.25) is 11.3 Å². The van der Waals surface area contributed by atoms with Gasteiger partial charge in [0.1, 0.15) is 0 Å². The molecule has 44 valence electrons. The Balaban J connectivity index is 3.53. The van der Waals surface area contributed by atoms with Crippen LogP contribution in [0, 0.1) is 0 Å². The van der Waals surface area contributed by atoms with Gasteiger partial charge in [-0.25, -0.2) is 17.8 Å². The molecule has 0 aliphatic carbocycles. The SMILES string of the molecule is NS(=O)O[SH](=O)=O. The van der Waals surface area contributed by atoms with E-state index in [1.807, 2.05) is 0 Å². The van der Waals surface area contributed by atoms with Gasteiger partial charge in [0.15, 0.2) is 0 Å². The van der Waals surface area contributed by atoms with Gasteiger partial charge in [-0.05, 0) is 0 Å². The molecule has 0 aromatic carbocycles. The first kappa shape index (κ1) is 7.02. The number of nitrogens with two attached hydrogens (primary N) is 1. The molecule has 0 fully saturated rings. The number of rotatable bonds is 2. The normalized spacial score (nSPS) is 14.6. The van der Waals surface area contributed by atoms with Crippen LogP contribution in [0.4, 0.5) is 0 Å². The zero-order valence-electron chi connectivity index (χ0n) is 3.07. The van der Waals surface area contributed by atoms with Gasteiger partial charge < -0.3 is 0 Å². The van der Waals surface area contributed by atoms with Crippen LogP contribution in [0.15, 0.2) is 0 Å². The summed E-state index contributed by atoms with van der Waals surface area (Å²) in [6, 6.07) is 0. The highest BCUT2D eigenvalue weighted by Crippen LogP contribution is 1.69. The molecule has 0 radical (unpaired) electrons. The molecule has 1 atom stereocenters. The second kappa shape index (κ2) is 3.08. The molecule has 0 aromatic heterocycles. The quantitative estimate of drug-likeness (QED) is 0.443. The van der Waals surface area contributed by atoms with Crippen molar-refractivity contribution in [2.24, 2.45) is 5.14 Å². The van der Waals surface area contributed by atoms with Gasteiger partial charge in [0, 0.05) is 0 Å². The van der Waals surface area contributed by atoms with Gasteiger partial charge in [-0.2, -0.15) is 3.63 Å². The first-order valence-electron chi connectivity index (χ1n) is 1.12. The molecule has 0 saturated carbocycles. The van der Waals surface area contributed by atoms with Crippen LogP contribution < -0.4 is 5.14 Å². The highest BCUT2D eigenvalue weighted by atomic mass is 32.3. The highest BCUT2D eigenvalue weighted by molar-refractivity contribution is 7.87. The molecule has 1 unspecified atom stereocenters. The van der Waals surface area contributed by atoms with Crippen molar-refractivity contribution in [1.29, 1.82) is 0 Å². The molecule has 0 aliphatic heterocycles. The summed E-state index contributed by atoms with van der Waals surface area (Å²) in [5.74, 6) is 0. The van der Waals surface area contributed by atoms with Crippen LogP contribution in [-0.4, -0.2) is 12.6 Å². The Morgan fingerprint density at radius 3 is 2.00 bits per heavy atom. The van der Waals surface area contributed by atoms with Crippen LogP contribution in [0.3, 0.4) is 0 Å². The minimum atomic E-state index is -3.07. The second-order valence-electron chi connectivity index (χ2n) is 0.559. The molecule has 0 heterocycles. The standard InChI is InChI=1S/H3NO4S2/c1-6(2)5-7(3)4/h7H,1H2. The summed E-state index contributed by atoms with van der Waals surface area (Å²) in [6.07, 6.45) is 0. The molecule has 0 saturated heterocycles. The first-order chi connectivity index (χ1) is 3.13. The van der Waals surface area contributed by atoms with E-state index in [9.17, 15) is 12.6 Å². The van der Waals surface area contributed by atoms with E-state index < -0.39 is 22.3 Å². The van der Waals surface area contributed by atoms with Crippen molar-refractivity contribution in [3.05, 3.63) is 0 Å². The second-order valence-corrected chi connectivity index (χ2v) is 2.12. The van der Waals surface area contributed by atoms with Crippen molar-refractivity contribution in [2.45, 2.75) is 0 Å². The molecule has 0 amide bonds.